The number of anilines is 1. The molecule has 0 saturated carbocycles. The third kappa shape index (κ3) is 3.61. The lowest BCUT2D eigenvalue weighted by Gasteiger charge is -2.11. The van der Waals surface area contributed by atoms with E-state index in [9.17, 15) is 4.79 Å². The molecule has 2 aromatic rings. The predicted octanol–water partition coefficient (Wildman–Crippen LogP) is 2.77. The van der Waals surface area contributed by atoms with E-state index in [1.54, 1.807) is 50.7 Å². The summed E-state index contributed by atoms with van der Waals surface area (Å²) in [6.45, 7) is 0. The van der Waals surface area contributed by atoms with Gasteiger partial charge in [0.1, 0.15) is 11.5 Å². The lowest BCUT2D eigenvalue weighted by molar-refractivity contribution is 0.102. The van der Waals surface area contributed by atoms with E-state index in [2.05, 4.69) is 10.3 Å². The van der Waals surface area contributed by atoms with Crippen LogP contribution in [0.5, 0.6) is 11.5 Å². The first kappa shape index (κ1) is 15.8. The molecule has 0 aliphatic rings. The summed E-state index contributed by atoms with van der Waals surface area (Å²) >= 11 is 0. The Labute approximate surface area is 123 Å². The second kappa shape index (κ2) is 7.35. The number of nitrogens with one attached hydrogen (secondary N) is 1. The number of rotatable bonds is 4. The molecule has 106 valence electrons. The minimum absolute atomic E-state index is 0. The van der Waals surface area contributed by atoms with Crippen LogP contribution in [0.1, 0.15) is 10.4 Å². The van der Waals surface area contributed by atoms with Crippen LogP contribution in [0.15, 0.2) is 42.7 Å². The fraction of sp³-hybridized carbons (Fsp3) is 0.143. The van der Waals surface area contributed by atoms with Gasteiger partial charge >= 0.3 is 0 Å². The summed E-state index contributed by atoms with van der Waals surface area (Å²) in [6.07, 6.45) is 3.12. The Hall–Kier alpha value is -2.27. The van der Waals surface area contributed by atoms with Gasteiger partial charge in [-0.15, -0.1) is 12.4 Å². The molecule has 5 nitrogen and oxygen atoms in total. The van der Waals surface area contributed by atoms with Gasteiger partial charge in [0.2, 0.25) is 0 Å². The summed E-state index contributed by atoms with van der Waals surface area (Å²) in [6, 6.07) is 8.59. The summed E-state index contributed by atoms with van der Waals surface area (Å²) in [5.41, 5.74) is 1.03. The summed E-state index contributed by atoms with van der Waals surface area (Å²) in [7, 11) is 3.11. The van der Waals surface area contributed by atoms with Crippen LogP contribution in [0, 0.1) is 0 Å². The number of halogens is 1. The number of hydrogen-bond donors (Lipinski definition) is 1. The van der Waals surface area contributed by atoms with Gasteiger partial charge in [0.15, 0.2) is 0 Å². The van der Waals surface area contributed by atoms with Gasteiger partial charge < -0.3 is 14.8 Å². The topological polar surface area (TPSA) is 60.5 Å². The first-order chi connectivity index (χ1) is 9.24. The molecule has 20 heavy (non-hydrogen) atoms. The van der Waals surface area contributed by atoms with E-state index >= 15 is 0 Å². The fourth-order valence-electron chi connectivity index (χ4n) is 1.60. The second-order valence-corrected chi connectivity index (χ2v) is 3.76. The van der Waals surface area contributed by atoms with Gasteiger partial charge in [-0.25, -0.2) is 0 Å². The maximum atomic E-state index is 12.0. The summed E-state index contributed by atoms with van der Waals surface area (Å²) in [5, 5.41) is 2.77. The van der Waals surface area contributed by atoms with Gasteiger partial charge in [-0.1, -0.05) is 0 Å². The minimum Gasteiger partial charge on any atom is -0.497 e. The Morgan fingerprint density at radius 3 is 2.60 bits per heavy atom. The van der Waals surface area contributed by atoms with E-state index < -0.39 is 0 Å². The van der Waals surface area contributed by atoms with E-state index in [0.717, 1.165) is 0 Å². The number of aromatic nitrogens is 1. The molecule has 0 atom stereocenters. The highest BCUT2D eigenvalue weighted by molar-refractivity contribution is 6.04. The van der Waals surface area contributed by atoms with E-state index in [1.165, 1.54) is 6.20 Å². The van der Waals surface area contributed by atoms with E-state index in [-0.39, 0.29) is 18.3 Å². The van der Waals surface area contributed by atoms with Crippen molar-refractivity contribution in [2.45, 2.75) is 0 Å². The Kier molecular flexibility index (Phi) is 5.80. The van der Waals surface area contributed by atoms with Gasteiger partial charge in [-0.3, -0.25) is 9.78 Å². The average Bonchev–Trinajstić information content (AvgIpc) is 2.48. The maximum Gasteiger partial charge on any atom is 0.257 e. The van der Waals surface area contributed by atoms with Gasteiger partial charge in [-0.2, -0.15) is 0 Å². The Morgan fingerprint density at radius 2 is 2.00 bits per heavy atom. The molecule has 0 spiro atoms. The zero-order valence-corrected chi connectivity index (χ0v) is 11.9. The quantitative estimate of drug-likeness (QED) is 0.942. The summed E-state index contributed by atoms with van der Waals surface area (Å²) in [4.78, 5) is 15.9. The molecule has 1 amide bonds. The number of carbonyl (C=O) groups is 1. The van der Waals surface area contributed by atoms with Crippen LogP contribution in [0.2, 0.25) is 0 Å². The van der Waals surface area contributed by atoms with Gasteiger partial charge in [0, 0.05) is 18.5 Å². The van der Waals surface area contributed by atoms with Crippen molar-refractivity contribution in [1.82, 2.24) is 4.98 Å². The van der Waals surface area contributed by atoms with Crippen molar-refractivity contribution in [2.24, 2.45) is 0 Å². The monoisotopic (exact) mass is 294 g/mol. The van der Waals surface area contributed by atoms with Crippen LogP contribution in [0.3, 0.4) is 0 Å². The smallest absolute Gasteiger partial charge is 0.257 e. The van der Waals surface area contributed by atoms with Gasteiger partial charge in [0.25, 0.3) is 5.91 Å². The van der Waals surface area contributed by atoms with Crippen molar-refractivity contribution in [3.63, 3.8) is 0 Å². The molecule has 0 unspecified atom stereocenters. The molecule has 0 aliphatic heterocycles. The lowest BCUT2D eigenvalue weighted by Crippen LogP contribution is -2.12. The molecule has 0 fully saturated rings. The molecule has 0 saturated heterocycles. The summed E-state index contributed by atoms with van der Waals surface area (Å²) in [5.74, 6) is 0.958. The van der Waals surface area contributed by atoms with Crippen molar-refractivity contribution < 1.29 is 14.3 Å². The molecule has 1 aromatic heterocycles. The SMILES string of the molecule is COc1ccc(OC)c(NC(=O)c2cccnc2)c1.Cl. The molecule has 0 bridgehead atoms. The highest BCUT2D eigenvalue weighted by atomic mass is 35.5. The second-order valence-electron chi connectivity index (χ2n) is 3.76. The predicted molar refractivity (Wildman–Crippen MR) is 79.0 cm³/mol. The van der Waals surface area contributed by atoms with Crippen molar-refractivity contribution in [3.8, 4) is 11.5 Å². The highest BCUT2D eigenvalue weighted by Gasteiger charge is 2.10. The Bertz CT molecular complexity index is 576. The molecule has 2 rings (SSSR count). The number of nitrogens with zero attached hydrogens (tertiary/aromatic N) is 1. The van der Waals surface area contributed by atoms with Crippen LogP contribution >= 0.6 is 12.4 Å². The largest absolute Gasteiger partial charge is 0.497 e. The van der Waals surface area contributed by atoms with Crippen LogP contribution in [0.25, 0.3) is 0 Å². The maximum absolute atomic E-state index is 12.0. The average molecular weight is 295 g/mol. The fourth-order valence-corrected chi connectivity index (χ4v) is 1.60. The van der Waals surface area contributed by atoms with E-state index in [0.29, 0.717) is 22.7 Å². The van der Waals surface area contributed by atoms with Crippen molar-refractivity contribution in [3.05, 3.63) is 48.3 Å². The van der Waals surface area contributed by atoms with Crippen LogP contribution < -0.4 is 14.8 Å². The molecular formula is C14H15ClN2O3. The standard InChI is InChI=1S/C14H14N2O3.ClH/c1-18-11-5-6-13(19-2)12(8-11)16-14(17)10-4-3-7-15-9-10;/h3-9H,1-2H3,(H,16,17);1H. The third-order valence-corrected chi connectivity index (χ3v) is 2.58. The van der Waals surface area contributed by atoms with Crippen LogP contribution in [-0.2, 0) is 0 Å². The number of carbonyl (C=O) groups excluding carboxylic acids is 1. The van der Waals surface area contributed by atoms with Crippen molar-refractivity contribution in [2.75, 3.05) is 19.5 Å². The Balaban J connectivity index is 0.00000200. The first-order valence-electron chi connectivity index (χ1n) is 5.68. The first-order valence-corrected chi connectivity index (χ1v) is 5.68. The number of pyridine rings is 1. The molecule has 1 heterocycles. The molecule has 1 N–H and O–H groups in total. The molecule has 1 aromatic carbocycles. The lowest BCUT2D eigenvalue weighted by atomic mass is 10.2. The number of benzene rings is 1. The van der Waals surface area contributed by atoms with Gasteiger partial charge in [0.05, 0.1) is 25.5 Å². The summed E-state index contributed by atoms with van der Waals surface area (Å²) < 4.78 is 10.3. The van der Waals surface area contributed by atoms with Gasteiger partial charge in [-0.05, 0) is 24.3 Å². The molecule has 0 radical (unpaired) electrons. The zero-order chi connectivity index (χ0) is 13.7. The number of ether oxygens (including phenoxy) is 2. The zero-order valence-electron chi connectivity index (χ0n) is 11.1. The number of amides is 1. The Morgan fingerprint density at radius 1 is 1.20 bits per heavy atom. The third-order valence-electron chi connectivity index (χ3n) is 2.58. The molecular weight excluding hydrogens is 280 g/mol. The van der Waals surface area contributed by atoms with Crippen molar-refractivity contribution >= 4 is 24.0 Å². The molecule has 0 aliphatic carbocycles. The van der Waals surface area contributed by atoms with Crippen LogP contribution in [0.4, 0.5) is 5.69 Å². The number of hydrogen-bond acceptors (Lipinski definition) is 4. The van der Waals surface area contributed by atoms with Crippen LogP contribution in [-0.4, -0.2) is 25.1 Å². The van der Waals surface area contributed by atoms with Crippen molar-refractivity contribution in [1.29, 1.82) is 0 Å². The number of methoxy groups -OCH3 is 2. The molecule has 6 heteroatoms. The normalized spacial score (nSPS) is 9.30. The van der Waals surface area contributed by atoms with E-state index in [4.69, 9.17) is 9.47 Å². The minimum atomic E-state index is -0.250. The van der Waals surface area contributed by atoms with E-state index in [1.807, 2.05) is 0 Å². The highest BCUT2D eigenvalue weighted by Crippen LogP contribution is 2.29.